The normalized spacial score (nSPS) is 18.1. The SMILES string of the molecule is CCc1ccc(OC(C)(C)C)c(P(C2=CCC(C)C=C2)c2ccccc2)c1. The zero-order chi connectivity index (χ0) is 19.4. The van der Waals surface area contributed by atoms with Gasteiger partial charge in [-0.1, -0.05) is 68.5 Å². The molecule has 27 heavy (non-hydrogen) atoms. The summed E-state index contributed by atoms with van der Waals surface area (Å²) < 4.78 is 6.41. The van der Waals surface area contributed by atoms with Gasteiger partial charge in [-0.25, -0.2) is 0 Å². The molecule has 0 aliphatic heterocycles. The number of rotatable bonds is 5. The first-order valence-electron chi connectivity index (χ1n) is 9.93. The minimum absolute atomic E-state index is 0.217. The standard InChI is InChI=1S/C25H31OP/c1-6-20-14-17-23(26-25(3,4)5)24(18-20)27(21-10-8-7-9-11-21)22-15-12-19(2)13-16-22/h7-12,14-19H,6,13H2,1-5H3. The van der Waals surface area contributed by atoms with Crippen LogP contribution in [0.1, 0.15) is 46.6 Å². The predicted molar refractivity (Wildman–Crippen MR) is 120 cm³/mol. The lowest BCUT2D eigenvalue weighted by atomic mass is 10.0. The van der Waals surface area contributed by atoms with E-state index in [0.717, 1.165) is 18.6 Å². The molecule has 0 N–H and O–H groups in total. The van der Waals surface area contributed by atoms with Gasteiger partial charge in [0.1, 0.15) is 11.4 Å². The Hall–Kier alpha value is -1.85. The van der Waals surface area contributed by atoms with Gasteiger partial charge in [0.05, 0.1) is 0 Å². The molecule has 1 aliphatic carbocycles. The third-order valence-corrected chi connectivity index (χ3v) is 7.15. The molecule has 3 rings (SSSR count). The Morgan fingerprint density at radius 1 is 1.07 bits per heavy atom. The van der Waals surface area contributed by atoms with Crippen LogP contribution in [-0.2, 0) is 6.42 Å². The maximum atomic E-state index is 6.41. The second-order valence-electron chi connectivity index (χ2n) is 8.24. The van der Waals surface area contributed by atoms with Gasteiger partial charge in [-0.05, 0) is 75.8 Å². The fourth-order valence-electron chi connectivity index (χ4n) is 3.26. The number of hydrogen-bond acceptors (Lipinski definition) is 1. The minimum Gasteiger partial charge on any atom is -0.487 e. The number of benzene rings is 2. The van der Waals surface area contributed by atoms with E-state index in [4.69, 9.17) is 4.74 Å². The number of aryl methyl sites for hydroxylation is 1. The zero-order valence-electron chi connectivity index (χ0n) is 17.2. The Morgan fingerprint density at radius 2 is 1.81 bits per heavy atom. The molecule has 142 valence electrons. The molecular formula is C25H31OP. The summed E-state index contributed by atoms with van der Waals surface area (Å²) in [5.74, 6) is 1.64. The number of allylic oxidation sites excluding steroid dienone is 4. The maximum Gasteiger partial charge on any atom is 0.128 e. The van der Waals surface area contributed by atoms with Gasteiger partial charge in [0.2, 0.25) is 0 Å². The molecule has 2 unspecified atom stereocenters. The molecule has 0 aromatic heterocycles. The second-order valence-corrected chi connectivity index (χ2v) is 10.4. The van der Waals surface area contributed by atoms with Crippen molar-refractivity contribution in [3.05, 3.63) is 77.6 Å². The van der Waals surface area contributed by atoms with Gasteiger partial charge in [0.25, 0.3) is 0 Å². The van der Waals surface area contributed by atoms with E-state index in [0.29, 0.717) is 5.92 Å². The Balaban J connectivity index is 2.15. The smallest absolute Gasteiger partial charge is 0.128 e. The van der Waals surface area contributed by atoms with E-state index >= 15 is 0 Å². The first kappa shape index (κ1) is 19.9. The van der Waals surface area contributed by atoms with Crippen LogP contribution in [0.2, 0.25) is 0 Å². The maximum absolute atomic E-state index is 6.41. The molecule has 1 nitrogen and oxygen atoms in total. The molecule has 0 amide bonds. The van der Waals surface area contributed by atoms with Gasteiger partial charge < -0.3 is 4.74 Å². The van der Waals surface area contributed by atoms with Crippen molar-refractivity contribution in [2.75, 3.05) is 0 Å². The van der Waals surface area contributed by atoms with Gasteiger partial charge in [-0.2, -0.15) is 0 Å². The molecule has 2 atom stereocenters. The highest BCUT2D eigenvalue weighted by Gasteiger charge is 2.25. The first-order chi connectivity index (χ1) is 12.9. The van der Waals surface area contributed by atoms with Crippen molar-refractivity contribution in [3.63, 3.8) is 0 Å². The predicted octanol–water partition coefficient (Wildman–Crippen LogP) is 6.34. The molecule has 0 saturated carbocycles. The summed E-state index contributed by atoms with van der Waals surface area (Å²) >= 11 is 0. The van der Waals surface area contributed by atoms with Crippen LogP contribution < -0.4 is 15.3 Å². The van der Waals surface area contributed by atoms with E-state index in [-0.39, 0.29) is 5.60 Å². The van der Waals surface area contributed by atoms with Crippen molar-refractivity contribution in [2.24, 2.45) is 5.92 Å². The largest absolute Gasteiger partial charge is 0.487 e. The number of hydrogen-bond donors (Lipinski definition) is 0. The lowest BCUT2D eigenvalue weighted by Gasteiger charge is -2.29. The monoisotopic (exact) mass is 378 g/mol. The summed E-state index contributed by atoms with van der Waals surface area (Å²) in [6.45, 7) is 10.9. The van der Waals surface area contributed by atoms with Gasteiger partial charge in [0, 0.05) is 5.30 Å². The topological polar surface area (TPSA) is 9.23 Å². The zero-order valence-corrected chi connectivity index (χ0v) is 18.1. The molecule has 0 spiro atoms. The fraction of sp³-hybridized carbons (Fsp3) is 0.360. The first-order valence-corrected chi connectivity index (χ1v) is 11.3. The Labute approximate surface area is 165 Å². The fourth-order valence-corrected chi connectivity index (χ4v) is 5.74. The summed E-state index contributed by atoms with van der Waals surface area (Å²) in [5.41, 5.74) is 1.15. The van der Waals surface area contributed by atoms with Crippen LogP contribution in [0.15, 0.2) is 72.1 Å². The van der Waals surface area contributed by atoms with Crippen molar-refractivity contribution in [1.82, 2.24) is 0 Å². The molecule has 0 saturated heterocycles. The van der Waals surface area contributed by atoms with E-state index in [1.165, 1.54) is 21.5 Å². The van der Waals surface area contributed by atoms with Crippen LogP contribution in [0, 0.1) is 5.92 Å². The van der Waals surface area contributed by atoms with Crippen molar-refractivity contribution < 1.29 is 4.74 Å². The highest BCUT2D eigenvalue weighted by Crippen LogP contribution is 2.48. The minimum atomic E-state index is -0.634. The van der Waals surface area contributed by atoms with Crippen molar-refractivity contribution in [1.29, 1.82) is 0 Å². The van der Waals surface area contributed by atoms with Gasteiger partial charge >= 0.3 is 0 Å². The summed E-state index contributed by atoms with van der Waals surface area (Å²) in [6.07, 6.45) is 9.27. The summed E-state index contributed by atoms with van der Waals surface area (Å²) in [4.78, 5) is 0. The average Bonchev–Trinajstić information content (AvgIpc) is 2.64. The third kappa shape index (κ3) is 5.11. The molecule has 0 heterocycles. The lowest BCUT2D eigenvalue weighted by Crippen LogP contribution is -2.27. The molecule has 2 aromatic rings. The summed E-state index contributed by atoms with van der Waals surface area (Å²) in [5, 5.41) is 4.14. The van der Waals surface area contributed by atoms with Crippen molar-refractivity contribution >= 4 is 18.5 Å². The van der Waals surface area contributed by atoms with Crippen LogP contribution in [0.4, 0.5) is 0 Å². The van der Waals surface area contributed by atoms with Crippen LogP contribution in [0.3, 0.4) is 0 Å². The summed E-state index contributed by atoms with van der Waals surface area (Å²) in [6, 6.07) is 17.7. The quantitative estimate of drug-likeness (QED) is 0.552. The molecular weight excluding hydrogens is 347 g/mol. The van der Waals surface area contributed by atoms with Crippen molar-refractivity contribution in [3.8, 4) is 5.75 Å². The van der Waals surface area contributed by atoms with Gasteiger partial charge in [-0.3, -0.25) is 0 Å². The molecule has 0 radical (unpaired) electrons. The third-order valence-electron chi connectivity index (χ3n) is 4.66. The van der Waals surface area contributed by atoms with Gasteiger partial charge in [0.15, 0.2) is 0 Å². The van der Waals surface area contributed by atoms with E-state index in [1.807, 2.05) is 0 Å². The van der Waals surface area contributed by atoms with E-state index < -0.39 is 7.92 Å². The lowest BCUT2D eigenvalue weighted by molar-refractivity contribution is 0.132. The van der Waals surface area contributed by atoms with Crippen LogP contribution in [0.5, 0.6) is 5.75 Å². The Bertz CT molecular complexity index is 827. The van der Waals surface area contributed by atoms with E-state index in [9.17, 15) is 0 Å². The van der Waals surface area contributed by atoms with Crippen LogP contribution in [-0.4, -0.2) is 5.60 Å². The van der Waals surface area contributed by atoms with E-state index in [2.05, 4.69) is 101 Å². The molecule has 2 heteroatoms. The second kappa shape index (κ2) is 8.44. The molecule has 2 aromatic carbocycles. The molecule has 0 bridgehead atoms. The highest BCUT2D eigenvalue weighted by atomic mass is 31.1. The van der Waals surface area contributed by atoms with Gasteiger partial charge in [-0.15, -0.1) is 0 Å². The number of ether oxygens (including phenoxy) is 1. The summed E-state index contributed by atoms with van der Waals surface area (Å²) in [7, 11) is -0.634. The Morgan fingerprint density at radius 3 is 2.41 bits per heavy atom. The average molecular weight is 378 g/mol. The highest BCUT2D eigenvalue weighted by molar-refractivity contribution is 7.77. The Kier molecular flexibility index (Phi) is 6.22. The van der Waals surface area contributed by atoms with Crippen molar-refractivity contribution in [2.45, 2.75) is 53.1 Å². The van der Waals surface area contributed by atoms with E-state index in [1.54, 1.807) is 0 Å². The molecule has 1 aliphatic rings. The van der Waals surface area contributed by atoms with Crippen LogP contribution >= 0.6 is 7.92 Å². The molecule has 0 fully saturated rings. The van der Waals surface area contributed by atoms with Crippen LogP contribution in [0.25, 0.3) is 0 Å².